The second-order valence-corrected chi connectivity index (χ2v) is 5.23. The number of aliphatic carboxylic acids is 1. The number of rotatable bonds is 4. The van der Waals surface area contributed by atoms with Crippen LogP contribution in [0.15, 0.2) is 18.2 Å². The summed E-state index contributed by atoms with van der Waals surface area (Å²) in [6.45, 7) is 6.16. The Hall–Kier alpha value is -1.35. The summed E-state index contributed by atoms with van der Waals surface area (Å²) in [5.41, 5.74) is 3.96. The molecule has 1 fully saturated rings. The smallest absolute Gasteiger partial charge is 0.304 e. The van der Waals surface area contributed by atoms with Gasteiger partial charge >= 0.3 is 5.97 Å². The van der Waals surface area contributed by atoms with E-state index in [0.29, 0.717) is 0 Å². The molecular formula is C15H21NO2. The molecule has 98 valence electrons. The lowest BCUT2D eigenvalue weighted by Gasteiger charge is -2.25. The van der Waals surface area contributed by atoms with Crippen LogP contribution >= 0.6 is 0 Å². The number of aryl methyl sites for hydroxylation is 2. The predicted octanol–water partition coefficient (Wildman–Crippen LogP) is 2.74. The maximum atomic E-state index is 10.9. The van der Waals surface area contributed by atoms with Crippen molar-refractivity contribution in [1.29, 1.82) is 0 Å². The van der Waals surface area contributed by atoms with Gasteiger partial charge in [-0.1, -0.05) is 18.2 Å². The molecule has 0 aliphatic carbocycles. The summed E-state index contributed by atoms with van der Waals surface area (Å²) in [7, 11) is 0. The minimum absolute atomic E-state index is 0.210. The number of benzene rings is 1. The standard InChI is InChI=1S/C15H21NO2/c1-11-5-3-6-12(2)14(11)10-16-8-4-7-13(16)9-15(17)18/h3,5-6,13H,4,7-10H2,1-2H3,(H,17,18). The van der Waals surface area contributed by atoms with Gasteiger partial charge in [0.1, 0.15) is 0 Å². The number of carboxylic acids is 1. The summed E-state index contributed by atoms with van der Waals surface area (Å²) in [5, 5.41) is 8.94. The molecule has 0 saturated carbocycles. The monoisotopic (exact) mass is 247 g/mol. The minimum atomic E-state index is -0.687. The summed E-state index contributed by atoms with van der Waals surface area (Å²) in [4.78, 5) is 13.2. The molecule has 1 aromatic rings. The maximum Gasteiger partial charge on any atom is 0.304 e. The molecular weight excluding hydrogens is 226 g/mol. The van der Waals surface area contributed by atoms with Crippen LogP contribution in [0.25, 0.3) is 0 Å². The Morgan fingerprint density at radius 1 is 1.39 bits per heavy atom. The minimum Gasteiger partial charge on any atom is -0.481 e. The van der Waals surface area contributed by atoms with E-state index in [1.54, 1.807) is 0 Å². The van der Waals surface area contributed by atoms with E-state index in [2.05, 4.69) is 36.9 Å². The van der Waals surface area contributed by atoms with Gasteiger partial charge in [-0.15, -0.1) is 0 Å². The zero-order valence-electron chi connectivity index (χ0n) is 11.1. The third-order valence-electron chi connectivity index (χ3n) is 3.91. The number of hydrogen-bond acceptors (Lipinski definition) is 2. The van der Waals surface area contributed by atoms with Crippen LogP contribution in [0, 0.1) is 13.8 Å². The molecule has 1 aromatic carbocycles. The number of carboxylic acid groups (broad SMARTS) is 1. The van der Waals surface area contributed by atoms with Crippen LogP contribution < -0.4 is 0 Å². The summed E-state index contributed by atoms with van der Waals surface area (Å²) in [5.74, 6) is -0.687. The van der Waals surface area contributed by atoms with Crippen molar-refractivity contribution in [2.75, 3.05) is 6.54 Å². The van der Waals surface area contributed by atoms with Crippen molar-refractivity contribution in [3.8, 4) is 0 Å². The molecule has 1 unspecified atom stereocenters. The molecule has 3 heteroatoms. The first-order valence-corrected chi connectivity index (χ1v) is 6.59. The highest BCUT2D eigenvalue weighted by Crippen LogP contribution is 2.24. The van der Waals surface area contributed by atoms with Crippen molar-refractivity contribution in [3.63, 3.8) is 0 Å². The Kier molecular flexibility index (Phi) is 4.02. The van der Waals surface area contributed by atoms with Crippen molar-refractivity contribution in [3.05, 3.63) is 34.9 Å². The number of likely N-dealkylation sites (tertiary alicyclic amines) is 1. The average molecular weight is 247 g/mol. The van der Waals surface area contributed by atoms with E-state index in [-0.39, 0.29) is 12.5 Å². The van der Waals surface area contributed by atoms with Gasteiger partial charge in [0.05, 0.1) is 6.42 Å². The van der Waals surface area contributed by atoms with Gasteiger partial charge in [-0.05, 0) is 49.9 Å². The lowest BCUT2D eigenvalue weighted by molar-refractivity contribution is -0.138. The first-order chi connectivity index (χ1) is 8.58. The fourth-order valence-corrected chi connectivity index (χ4v) is 2.84. The molecule has 1 saturated heterocycles. The molecule has 18 heavy (non-hydrogen) atoms. The van der Waals surface area contributed by atoms with Gasteiger partial charge in [-0.2, -0.15) is 0 Å². The van der Waals surface area contributed by atoms with E-state index in [9.17, 15) is 4.79 Å². The first kappa shape index (κ1) is 13.1. The van der Waals surface area contributed by atoms with Crippen LogP contribution in [0.1, 0.15) is 36.0 Å². The average Bonchev–Trinajstić information content (AvgIpc) is 2.70. The molecule has 1 aliphatic heterocycles. The highest BCUT2D eigenvalue weighted by molar-refractivity contribution is 5.67. The van der Waals surface area contributed by atoms with E-state index in [1.807, 2.05) is 0 Å². The molecule has 1 heterocycles. The maximum absolute atomic E-state index is 10.9. The van der Waals surface area contributed by atoms with Gasteiger partial charge in [-0.3, -0.25) is 9.69 Å². The molecule has 0 bridgehead atoms. The molecule has 0 spiro atoms. The Bertz CT molecular complexity index is 422. The van der Waals surface area contributed by atoms with E-state index < -0.39 is 5.97 Å². The second-order valence-electron chi connectivity index (χ2n) is 5.23. The summed E-state index contributed by atoms with van der Waals surface area (Å²) in [6, 6.07) is 6.55. The van der Waals surface area contributed by atoms with E-state index in [0.717, 1.165) is 25.9 Å². The van der Waals surface area contributed by atoms with Crippen molar-refractivity contribution in [2.24, 2.45) is 0 Å². The van der Waals surface area contributed by atoms with Crippen molar-refractivity contribution >= 4 is 5.97 Å². The highest BCUT2D eigenvalue weighted by Gasteiger charge is 2.26. The third kappa shape index (κ3) is 2.91. The summed E-state index contributed by atoms with van der Waals surface area (Å²) in [6.07, 6.45) is 2.39. The van der Waals surface area contributed by atoms with E-state index >= 15 is 0 Å². The Morgan fingerprint density at radius 3 is 2.67 bits per heavy atom. The molecule has 0 amide bonds. The molecule has 0 aromatic heterocycles. The van der Waals surface area contributed by atoms with Gasteiger partial charge in [0.25, 0.3) is 0 Å². The van der Waals surface area contributed by atoms with Gasteiger partial charge < -0.3 is 5.11 Å². The fraction of sp³-hybridized carbons (Fsp3) is 0.533. The SMILES string of the molecule is Cc1cccc(C)c1CN1CCCC1CC(=O)O. The van der Waals surface area contributed by atoms with Gasteiger partial charge in [0.15, 0.2) is 0 Å². The lowest BCUT2D eigenvalue weighted by Crippen LogP contribution is -2.31. The zero-order valence-corrected chi connectivity index (χ0v) is 11.1. The lowest BCUT2D eigenvalue weighted by atomic mass is 10.0. The van der Waals surface area contributed by atoms with Gasteiger partial charge in [0, 0.05) is 12.6 Å². The summed E-state index contributed by atoms with van der Waals surface area (Å²) >= 11 is 0. The quantitative estimate of drug-likeness (QED) is 0.889. The predicted molar refractivity (Wildman–Crippen MR) is 71.6 cm³/mol. The largest absolute Gasteiger partial charge is 0.481 e. The van der Waals surface area contributed by atoms with Crippen LogP contribution in [0.3, 0.4) is 0 Å². The fourth-order valence-electron chi connectivity index (χ4n) is 2.84. The van der Waals surface area contributed by atoms with Crippen molar-refractivity contribution in [2.45, 2.75) is 45.7 Å². The normalized spacial score (nSPS) is 20.2. The van der Waals surface area contributed by atoms with Crippen LogP contribution in [0.2, 0.25) is 0 Å². The first-order valence-electron chi connectivity index (χ1n) is 6.59. The number of nitrogens with zero attached hydrogens (tertiary/aromatic N) is 1. The zero-order chi connectivity index (χ0) is 13.1. The van der Waals surface area contributed by atoms with Crippen LogP contribution in [0.5, 0.6) is 0 Å². The van der Waals surface area contributed by atoms with Crippen LogP contribution in [-0.2, 0) is 11.3 Å². The summed E-state index contributed by atoms with van der Waals surface area (Å²) < 4.78 is 0. The highest BCUT2D eigenvalue weighted by atomic mass is 16.4. The third-order valence-corrected chi connectivity index (χ3v) is 3.91. The van der Waals surface area contributed by atoms with Crippen molar-refractivity contribution in [1.82, 2.24) is 4.90 Å². The number of hydrogen-bond donors (Lipinski definition) is 1. The number of carbonyl (C=O) groups is 1. The molecule has 1 N–H and O–H groups in total. The van der Waals surface area contributed by atoms with Gasteiger partial charge in [0.2, 0.25) is 0 Å². The van der Waals surface area contributed by atoms with Crippen molar-refractivity contribution < 1.29 is 9.90 Å². The Morgan fingerprint density at radius 2 is 2.06 bits per heavy atom. The topological polar surface area (TPSA) is 40.5 Å². The van der Waals surface area contributed by atoms with E-state index in [1.165, 1.54) is 16.7 Å². The van der Waals surface area contributed by atoms with Gasteiger partial charge in [-0.25, -0.2) is 0 Å². The Balaban J connectivity index is 2.10. The van der Waals surface area contributed by atoms with E-state index in [4.69, 9.17) is 5.11 Å². The van der Waals surface area contributed by atoms with Crippen LogP contribution in [0.4, 0.5) is 0 Å². The second kappa shape index (κ2) is 5.53. The molecule has 3 nitrogen and oxygen atoms in total. The molecule has 2 rings (SSSR count). The Labute approximate surface area is 108 Å². The molecule has 1 atom stereocenters. The molecule has 0 radical (unpaired) electrons. The molecule has 1 aliphatic rings. The van der Waals surface area contributed by atoms with Crippen LogP contribution in [-0.4, -0.2) is 28.6 Å².